The largest absolute Gasteiger partial charge is 0.462 e. The van der Waals surface area contributed by atoms with Gasteiger partial charge in [0.1, 0.15) is 6.61 Å². The zero-order valence-corrected chi connectivity index (χ0v) is 41.5. The Balaban J connectivity index is 4.40. The summed E-state index contributed by atoms with van der Waals surface area (Å²) >= 11 is 0. The molecule has 0 bridgehead atoms. The Morgan fingerprint density at radius 3 is 1.17 bits per heavy atom. The Bertz CT molecular complexity index is 1320. The van der Waals surface area contributed by atoms with E-state index in [9.17, 15) is 9.59 Å². The van der Waals surface area contributed by atoms with Crippen molar-refractivity contribution in [1.29, 1.82) is 0 Å². The summed E-state index contributed by atoms with van der Waals surface area (Å²) in [4.78, 5) is 25.4. The Labute approximate surface area is 395 Å². The second kappa shape index (κ2) is 53.6. The second-order valence-corrected chi connectivity index (χ2v) is 16.7. The monoisotopic (exact) mass is 885 g/mol. The highest BCUT2D eigenvalue weighted by atomic mass is 16.6. The van der Waals surface area contributed by atoms with Gasteiger partial charge in [-0.15, -0.1) is 0 Å². The molecule has 362 valence electrons. The van der Waals surface area contributed by atoms with E-state index < -0.39 is 6.10 Å². The molecule has 0 radical (unpaired) electrons. The SMILES string of the molecule is CC/C=C\C/C=C\C/C=C\C/C=C\C/C=C\CCCC(=O)OCC(COCCCCCCCCCC/C=C\C/C=C\C/C=C\CC)OC(=O)CCCCCCC/C=C\C/C=C\CCC. The standard InChI is InChI=1S/C59H96O5/c1-4-7-10-13-16-19-22-25-27-29-31-33-36-39-42-45-48-51-54-62-55-57(64-59(61)53-50-47-44-41-38-34-24-21-18-15-12-9-6-3)56-63-58(60)52-49-46-43-40-37-35-32-30-28-26-23-20-17-14-11-8-5-2/h7-8,10-12,15-17,19-21,24-28,32,35,40,43,57H,4-6,9,13-14,18,22-23,29-31,33-34,36-39,41-42,44-56H2,1-3H3/b10-7-,11-8-,15-12-,19-16-,20-17-,24-21-,27-25-,28-26-,35-32-,43-40-. The van der Waals surface area contributed by atoms with E-state index in [2.05, 4.69) is 142 Å². The first-order valence-electron chi connectivity index (χ1n) is 26.1. The molecule has 64 heavy (non-hydrogen) atoms. The van der Waals surface area contributed by atoms with Crippen molar-refractivity contribution in [3.05, 3.63) is 122 Å². The Morgan fingerprint density at radius 2 is 0.719 bits per heavy atom. The van der Waals surface area contributed by atoms with Crippen molar-refractivity contribution >= 4 is 11.9 Å². The van der Waals surface area contributed by atoms with Crippen LogP contribution in [0.25, 0.3) is 0 Å². The third-order valence-corrected chi connectivity index (χ3v) is 10.4. The predicted octanol–water partition coefficient (Wildman–Crippen LogP) is 17.8. The molecule has 0 amide bonds. The molecular weight excluding hydrogens is 789 g/mol. The summed E-state index contributed by atoms with van der Waals surface area (Å²) in [6.07, 6.45) is 75.0. The molecule has 0 aromatic carbocycles. The molecule has 0 rings (SSSR count). The molecule has 0 saturated carbocycles. The lowest BCUT2D eigenvalue weighted by molar-refractivity contribution is -0.163. The summed E-state index contributed by atoms with van der Waals surface area (Å²) in [6, 6.07) is 0. The molecule has 0 aromatic heterocycles. The molecule has 0 fully saturated rings. The quantitative estimate of drug-likeness (QED) is 0.0346. The maximum absolute atomic E-state index is 12.8. The summed E-state index contributed by atoms with van der Waals surface area (Å²) in [5, 5.41) is 0. The van der Waals surface area contributed by atoms with Crippen LogP contribution in [0.15, 0.2) is 122 Å². The van der Waals surface area contributed by atoms with Crippen LogP contribution in [0.5, 0.6) is 0 Å². The van der Waals surface area contributed by atoms with Crippen LogP contribution in [0.2, 0.25) is 0 Å². The van der Waals surface area contributed by atoms with Crippen molar-refractivity contribution in [3.63, 3.8) is 0 Å². The molecule has 5 nitrogen and oxygen atoms in total. The second-order valence-electron chi connectivity index (χ2n) is 16.7. The van der Waals surface area contributed by atoms with E-state index >= 15 is 0 Å². The van der Waals surface area contributed by atoms with E-state index in [4.69, 9.17) is 14.2 Å². The summed E-state index contributed by atoms with van der Waals surface area (Å²) in [7, 11) is 0. The summed E-state index contributed by atoms with van der Waals surface area (Å²) < 4.78 is 17.3. The van der Waals surface area contributed by atoms with Crippen LogP contribution < -0.4 is 0 Å². The van der Waals surface area contributed by atoms with Gasteiger partial charge in [-0.3, -0.25) is 9.59 Å². The first kappa shape index (κ1) is 60.3. The topological polar surface area (TPSA) is 61.8 Å². The molecule has 5 heteroatoms. The van der Waals surface area contributed by atoms with Crippen LogP contribution >= 0.6 is 0 Å². The number of carbonyl (C=O) groups is 2. The fourth-order valence-electron chi connectivity index (χ4n) is 6.66. The average Bonchev–Trinajstić information content (AvgIpc) is 3.30. The third kappa shape index (κ3) is 50.9. The van der Waals surface area contributed by atoms with E-state index in [-0.39, 0.29) is 25.2 Å². The maximum atomic E-state index is 12.8. The van der Waals surface area contributed by atoms with Gasteiger partial charge in [0.05, 0.1) is 6.61 Å². The zero-order valence-electron chi connectivity index (χ0n) is 41.5. The molecule has 0 aliphatic carbocycles. The lowest BCUT2D eigenvalue weighted by Gasteiger charge is -2.18. The van der Waals surface area contributed by atoms with Gasteiger partial charge in [0.15, 0.2) is 6.10 Å². The average molecular weight is 885 g/mol. The van der Waals surface area contributed by atoms with Gasteiger partial charge in [-0.05, 0) is 116 Å². The van der Waals surface area contributed by atoms with Gasteiger partial charge >= 0.3 is 11.9 Å². The molecule has 0 spiro atoms. The number of esters is 2. The van der Waals surface area contributed by atoms with Gasteiger partial charge in [0, 0.05) is 19.4 Å². The van der Waals surface area contributed by atoms with Crippen LogP contribution in [-0.2, 0) is 23.8 Å². The van der Waals surface area contributed by atoms with Crippen LogP contribution in [-0.4, -0.2) is 37.9 Å². The fraction of sp³-hybridized carbons (Fsp3) is 0.627. The molecule has 1 atom stereocenters. The number of carbonyl (C=O) groups excluding carboxylic acids is 2. The van der Waals surface area contributed by atoms with E-state index in [1.807, 2.05) is 0 Å². The van der Waals surface area contributed by atoms with Crippen molar-refractivity contribution in [2.75, 3.05) is 19.8 Å². The van der Waals surface area contributed by atoms with E-state index in [1.54, 1.807) is 0 Å². The van der Waals surface area contributed by atoms with Crippen LogP contribution in [0.1, 0.15) is 213 Å². The minimum Gasteiger partial charge on any atom is -0.462 e. The minimum atomic E-state index is -0.578. The number of hydrogen-bond donors (Lipinski definition) is 0. The van der Waals surface area contributed by atoms with E-state index in [1.165, 1.54) is 64.2 Å². The first-order valence-corrected chi connectivity index (χ1v) is 26.1. The number of allylic oxidation sites excluding steroid dienone is 20. The third-order valence-electron chi connectivity index (χ3n) is 10.4. The number of hydrogen-bond acceptors (Lipinski definition) is 5. The number of ether oxygens (including phenoxy) is 3. The van der Waals surface area contributed by atoms with Crippen molar-refractivity contribution in [2.24, 2.45) is 0 Å². The van der Waals surface area contributed by atoms with Crippen molar-refractivity contribution in [2.45, 2.75) is 219 Å². The van der Waals surface area contributed by atoms with Crippen molar-refractivity contribution in [3.8, 4) is 0 Å². The van der Waals surface area contributed by atoms with Crippen LogP contribution in [0.4, 0.5) is 0 Å². The van der Waals surface area contributed by atoms with Gasteiger partial charge in [-0.1, -0.05) is 206 Å². The first-order chi connectivity index (χ1) is 31.6. The molecule has 0 aliphatic heterocycles. The van der Waals surface area contributed by atoms with Gasteiger partial charge in [0.25, 0.3) is 0 Å². The van der Waals surface area contributed by atoms with Crippen molar-refractivity contribution in [1.82, 2.24) is 0 Å². The minimum absolute atomic E-state index is 0.0396. The molecule has 0 aromatic rings. The van der Waals surface area contributed by atoms with Gasteiger partial charge < -0.3 is 14.2 Å². The molecule has 0 saturated heterocycles. The lowest BCUT2D eigenvalue weighted by Crippen LogP contribution is -2.30. The van der Waals surface area contributed by atoms with E-state index in [0.717, 1.165) is 116 Å². The van der Waals surface area contributed by atoms with Crippen LogP contribution in [0.3, 0.4) is 0 Å². The fourth-order valence-corrected chi connectivity index (χ4v) is 6.66. The Hall–Kier alpha value is -3.70. The van der Waals surface area contributed by atoms with Gasteiger partial charge in [-0.25, -0.2) is 0 Å². The van der Waals surface area contributed by atoms with Gasteiger partial charge in [-0.2, -0.15) is 0 Å². The highest BCUT2D eigenvalue weighted by Crippen LogP contribution is 2.13. The highest BCUT2D eigenvalue weighted by Gasteiger charge is 2.17. The van der Waals surface area contributed by atoms with Gasteiger partial charge in [0.2, 0.25) is 0 Å². The summed E-state index contributed by atoms with van der Waals surface area (Å²) in [5.74, 6) is -0.493. The Kier molecular flexibility index (Phi) is 50.5. The molecule has 0 aliphatic rings. The highest BCUT2D eigenvalue weighted by molar-refractivity contribution is 5.70. The van der Waals surface area contributed by atoms with Crippen LogP contribution in [0, 0.1) is 0 Å². The summed E-state index contributed by atoms with van der Waals surface area (Å²) in [5.41, 5.74) is 0. The lowest BCUT2D eigenvalue weighted by atomic mass is 10.1. The molecular formula is C59H96O5. The summed E-state index contributed by atoms with van der Waals surface area (Å²) in [6.45, 7) is 7.44. The number of rotatable bonds is 46. The Morgan fingerprint density at radius 1 is 0.359 bits per heavy atom. The zero-order chi connectivity index (χ0) is 46.3. The molecule has 0 N–H and O–H groups in total. The smallest absolute Gasteiger partial charge is 0.306 e. The van der Waals surface area contributed by atoms with Crippen molar-refractivity contribution < 1.29 is 23.8 Å². The maximum Gasteiger partial charge on any atom is 0.306 e. The normalized spacial score (nSPS) is 13.2. The van der Waals surface area contributed by atoms with E-state index in [0.29, 0.717) is 19.4 Å². The predicted molar refractivity (Wildman–Crippen MR) is 279 cm³/mol. The number of unbranched alkanes of at least 4 members (excludes halogenated alkanes) is 15. The molecule has 1 unspecified atom stereocenters. The molecule has 0 heterocycles.